The molecular weight excluding hydrogens is 372 g/mol. The molecule has 0 bridgehead atoms. The summed E-state index contributed by atoms with van der Waals surface area (Å²) in [6.07, 6.45) is 3.24. The van der Waals surface area contributed by atoms with Crippen LogP contribution < -0.4 is 5.56 Å². The second-order valence-corrected chi connectivity index (χ2v) is 6.62. The van der Waals surface area contributed by atoms with Gasteiger partial charge in [-0.2, -0.15) is 5.26 Å². The third kappa shape index (κ3) is 3.32. The third-order valence-corrected chi connectivity index (χ3v) is 4.83. The highest BCUT2D eigenvalue weighted by atomic mass is 35.5. The number of carbonyl (C=O) groups excluding carboxylic acids is 1. The fraction of sp³-hybridized carbons (Fsp3) is 0.105. The topological polar surface area (TPSA) is 71.6 Å². The third-order valence-electron chi connectivity index (χ3n) is 3.78. The van der Waals surface area contributed by atoms with E-state index in [1.54, 1.807) is 48.7 Å². The average Bonchev–Trinajstić information content (AvgIpc) is 2.66. The number of hydrogen-bond donors (Lipinski definition) is 0. The zero-order valence-electron chi connectivity index (χ0n) is 13.7. The Morgan fingerprint density at radius 1 is 1.31 bits per heavy atom. The first-order chi connectivity index (χ1) is 12.6. The Morgan fingerprint density at radius 2 is 2.12 bits per heavy atom. The highest BCUT2D eigenvalue weighted by Gasteiger charge is 2.23. The maximum absolute atomic E-state index is 12.8. The first-order valence-corrected chi connectivity index (χ1v) is 9.20. The van der Waals surface area contributed by atoms with Crippen LogP contribution in [0.3, 0.4) is 0 Å². The molecule has 0 fully saturated rings. The standard InChI is InChI=1S/C19H13ClN2O3S/c1-26-17-14(10-21)18(23)22-8-3-2-7-15(22)16(17)19(24)25-11-12-5-4-6-13(20)9-12/h2-9H,11H2,1H3. The number of benzene rings is 1. The molecule has 3 aromatic rings. The normalized spacial score (nSPS) is 10.5. The number of esters is 1. The van der Waals surface area contributed by atoms with Gasteiger partial charge in [0, 0.05) is 16.1 Å². The summed E-state index contributed by atoms with van der Waals surface area (Å²) >= 11 is 7.11. The van der Waals surface area contributed by atoms with Crippen LogP contribution in [0.2, 0.25) is 5.02 Å². The number of rotatable bonds is 4. The molecular formula is C19H13ClN2O3S. The number of pyridine rings is 2. The van der Waals surface area contributed by atoms with Crippen LogP contribution in [-0.2, 0) is 11.3 Å². The van der Waals surface area contributed by atoms with Crippen molar-refractivity contribution >= 4 is 34.8 Å². The number of thioether (sulfide) groups is 1. The molecule has 0 atom stereocenters. The lowest BCUT2D eigenvalue weighted by molar-refractivity contribution is 0.0470. The van der Waals surface area contributed by atoms with E-state index in [0.717, 1.165) is 5.56 Å². The van der Waals surface area contributed by atoms with Gasteiger partial charge in [-0.15, -0.1) is 11.8 Å². The van der Waals surface area contributed by atoms with E-state index in [4.69, 9.17) is 16.3 Å². The molecule has 0 amide bonds. The lowest BCUT2D eigenvalue weighted by atomic mass is 10.1. The van der Waals surface area contributed by atoms with Crippen molar-refractivity contribution in [2.24, 2.45) is 0 Å². The quantitative estimate of drug-likeness (QED) is 0.504. The number of ether oxygens (including phenoxy) is 1. The van der Waals surface area contributed by atoms with Crippen molar-refractivity contribution in [1.29, 1.82) is 5.26 Å². The minimum absolute atomic E-state index is 0.0349. The van der Waals surface area contributed by atoms with E-state index >= 15 is 0 Å². The zero-order chi connectivity index (χ0) is 18.7. The molecule has 130 valence electrons. The van der Waals surface area contributed by atoms with Gasteiger partial charge in [-0.1, -0.05) is 29.8 Å². The minimum Gasteiger partial charge on any atom is -0.457 e. The van der Waals surface area contributed by atoms with E-state index in [2.05, 4.69) is 0 Å². The van der Waals surface area contributed by atoms with Crippen LogP contribution in [0.25, 0.3) is 5.52 Å². The number of hydrogen-bond acceptors (Lipinski definition) is 5. The number of aromatic nitrogens is 1. The van der Waals surface area contributed by atoms with Gasteiger partial charge in [0.2, 0.25) is 0 Å². The van der Waals surface area contributed by atoms with Crippen molar-refractivity contribution in [3.8, 4) is 6.07 Å². The molecule has 0 aliphatic carbocycles. The molecule has 0 aliphatic rings. The lowest BCUT2D eigenvalue weighted by Gasteiger charge is -2.13. The van der Waals surface area contributed by atoms with E-state index in [-0.39, 0.29) is 17.7 Å². The predicted octanol–water partition coefficient (Wildman–Crippen LogP) is 3.90. The predicted molar refractivity (Wildman–Crippen MR) is 101 cm³/mol. The molecule has 0 saturated carbocycles. The summed E-state index contributed by atoms with van der Waals surface area (Å²) in [5, 5.41) is 9.94. The highest BCUT2D eigenvalue weighted by molar-refractivity contribution is 7.98. The maximum atomic E-state index is 12.8. The molecule has 5 nitrogen and oxygen atoms in total. The number of nitriles is 1. The van der Waals surface area contributed by atoms with Gasteiger partial charge in [0.1, 0.15) is 18.2 Å². The Hall–Kier alpha value is -2.75. The molecule has 0 N–H and O–H groups in total. The van der Waals surface area contributed by atoms with Gasteiger partial charge in [-0.3, -0.25) is 9.20 Å². The Morgan fingerprint density at radius 3 is 2.81 bits per heavy atom. The molecule has 3 rings (SSSR count). The van der Waals surface area contributed by atoms with Gasteiger partial charge in [-0.05, 0) is 36.1 Å². The maximum Gasteiger partial charge on any atom is 0.341 e. The fourth-order valence-electron chi connectivity index (χ4n) is 2.63. The van der Waals surface area contributed by atoms with Crippen molar-refractivity contribution in [2.45, 2.75) is 11.5 Å². The number of halogens is 1. The van der Waals surface area contributed by atoms with E-state index in [1.807, 2.05) is 6.07 Å². The Bertz CT molecular complexity index is 1100. The lowest BCUT2D eigenvalue weighted by Crippen LogP contribution is -2.22. The Labute approximate surface area is 158 Å². The molecule has 0 aliphatic heterocycles. The number of nitrogens with zero attached hydrogens (tertiary/aromatic N) is 2. The first kappa shape index (κ1) is 18.1. The Balaban J connectivity index is 2.08. The van der Waals surface area contributed by atoms with Gasteiger partial charge in [0.15, 0.2) is 0 Å². The van der Waals surface area contributed by atoms with E-state index in [1.165, 1.54) is 22.4 Å². The number of carbonyl (C=O) groups is 1. The van der Waals surface area contributed by atoms with E-state index < -0.39 is 11.5 Å². The van der Waals surface area contributed by atoms with Crippen LogP contribution in [0, 0.1) is 11.3 Å². The Kier molecular flexibility index (Phi) is 5.31. The highest BCUT2D eigenvalue weighted by Crippen LogP contribution is 2.27. The molecule has 0 unspecified atom stereocenters. The van der Waals surface area contributed by atoms with Crippen LogP contribution in [0.5, 0.6) is 0 Å². The van der Waals surface area contributed by atoms with Gasteiger partial charge >= 0.3 is 5.97 Å². The molecule has 0 saturated heterocycles. The molecule has 2 heterocycles. The zero-order valence-corrected chi connectivity index (χ0v) is 15.3. The molecule has 2 aromatic heterocycles. The summed E-state index contributed by atoms with van der Waals surface area (Å²) in [4.78, 5) is 25.6. The van der Waals surface area contributed by atoms with Crippen molar-refractivity contribution in [2.75, 3.05) is 6.26 Å². The van der Waals surface area contributed by atoms with Crippen LogP contribution in [0.4, 0.5) is 0 Å². The van der Waals surface area contributed by atoms with Crippen molar-refractivity contribution in [3.05, 3.63) is 80.7 Å². The van der Waals surface area contributed by atoms with Crippen molar-refractivity contribution in [3.63, 3.8) is 0 Å². The van der Waals surface area contributed by atoms with Crippen LogP contribution in [0.15, 0.2) is 58.4 Å². The summed E-state index contributed by atoms with van der Waals surface area (Å²) in [6, 6.07) is 13.9. The smallest absolute Gasteiger partial charge is 0.341 e. The molecule has 7 heteroatoms. The van der Waals surface area contributed by atoms with Crippen molar-refractivity contribution in [1.82, 2.24) is 4.40 Å². The SMILES string of the molecule is CSc1c(C#N)c(=O)n2ccccc2c1C(=O)OCc1cccc(Cl)c1. The fourth-order valence-corrected chi connectivity index (χ4v) is 3.57. The summed E-state index contributed by atoms with van der Waals surface area (Å²) < 4.78 is 6.71. The summed E-state index contributed by atoms with van der Waals surface area (Å²) in [6.45, 7) is 0.0349. The van der Waals surface area contributed by atoms with Crippen LogP contribution in [0.1, 0.15) is 21.5 Å². The minimum atomic E-state index is -0.602. The molecule has 26 heavy (non-hydrogen) atoms. The van der Waals surface area contributed by atoms with Crippen LogP contribution in [-0.4, -0.2) is 16.6 Å². The van der Waals surface area contributed by atoms with E-state index in [9.17, 15) is 14.9 Å². The van der Waals surface area contributed by atoms with Crippen LogP contribution >= 0.6 is 23.4 Å². The average molecular weight is 385 g/mol. The van der Waals surface area contributed by atoms with Gasteiger partial charge in [-0.25, -0.2) is 4.79 Å². The molecule has 0 radical (unpaired) electrons. The summed E-state index contributed by atoms with van der Waals surface area (Å²) in [7, 11) is 0. The van der Waals surface area contributed by atoms with Gasteiger partial charge in [0.25, 0.3) is 5.56 Å². The largest absolute Gasteiger partial charge is 0.457 e. The summed E-state index contributed by atoms with van der Waals surface area (Å²) in [5.41, 5.74) is 0.817. The van der Waals surface area contributed by atoms with Gasteiger partial charge in [0.05, 0.1) is 11.1 Å². The first-order valence-electron chi connectivity index (χ1n) is 7.60. The second-order valence-electron chi connectivity index (χ2n) is 5.36. The number of fused-ring (bicyclic) bond motifs is 1. The van der Waals surface area contributed by atoms with Gasteiger partial charge < -0.3 is 4.74 Å². The molecule has 1 aromatic carbocycles. The molecule has 0 spiro atoms. The van der Waals surface area contributed by atoms with Crippen molar-refractivity contribution < 1.29 is 9.53 Å². The second kappa shape index (κ2) is 7.65. The van der Waals surface area contributed by atoms with E-state index in [0.29, 0.717) is 15.4 Å². The monoisotopic (exact) mass is 384 g/mol. The summed E-state index contributed by atoms with van der Waals surface area (Å²) in [5.74, 6) is -0.602.